The van der Waals surface area contributed by atoms with E-state index in [4.69, 9.17) is 16.3 Å². The maximum Gasteiger partial charge on any atom is 0.352 e. The first-order chi connectivity index (χ1) is 17.5. The third kappa shape index (κ3) is 6.36. The van der Waals surface area contributed by atoms with E-state index >= 15 is 0 Å². The van der Waals surface area contributed by atoms with E-state index in [1.165, 1.54) is 35.2 Å². The number of fused-ring (bicyclic) bond motifs is 1. The van der Waals surface area contributed by atoms with E-state index in [1.807, 2.05) is 19.0 Å². The van der Waals surface area contributed by atoms with E-state index in [0.29, 0.717) is 17.7 Å². The summed E-state index contributed by atoms with van der Waals surface area (Å²) in [5, 5.41) is 17.4. The van der Waals surface area contributed by atoms with Gasteiger partial charge in [0.1, 0.15) is 29.9 Å². The van der Waals surface area contributed by atoms with Gasteiger partial charge >= 0.3 is 5.97 Å². The van der Waals surface area contributed by atoms with E-state index in [0.717, 1.165) is 11.3 Å². The molecule has 1 unspecified atom stereocenters. The molecule has 1 aromatic heterocycles. The molecule has 0 spiro atoms. The number of anilines is 1. The maximum absolute atomic E-state index is 13.0. The van der Waals surface area contributed by atoms with Crippen molar-refractivity contribution < 1.29 is 29.1 Å². The highest BCUT2D eigenvalue weighted by Gasteiger charge is 2.54. The Labute approximate surface area is 220 Å². The molecular weight excluding hydrogens is 522 g/mol. The summed E-state index contributed by atoms with van der Waals surface area (Å²) < 4.78 is 0. The average molecular weight is 550 g/mol. The minimum Gasteiger partial charge on any atom is -0.477 e. The molecule has 6 N–H and O–H groups in total. The number of amides is 3. The van der Waals surface area contributed by atoms with Crippen molar-refractivity contribution in [1.29, 1.82) is 0 Å². The van der Waals surface area contributed by atoms with Gasteiger partial charge in [0.25, 0.3) is 11.8 Å². The van der Waals surface area contributed by atoms with Crippen LogP contribution in [0.2, 0.25) is 0 Å². The van der Waals surface area contributed by atoms with Crippen molar-refractivity contribution in [2.24, 2.45) is 10.9 Å². The summed E-state index contributed by atoms with van der Waals surface area (Å²) in [7, 11) is 4.96. The maximum atomic E-state index is 13.0. The van der Waals surface area contributed by atoms with Crippen molar-refractivity contribution in [2.75, 3.05) is 32.7 Å². The summed E-state index contributed by atoms with van der Waals surface area (Å²) in [4.78, 5) is 60.8. The molecule has 3 atom stereocenters. The molecule has 0 aromatic carbocycles. The molecule has 0 saturated carbocycles. The first-order valence-corrected chi connectivity index (χ1v) is 12.8. The van der Waals surface area contributed by atoms with Crippen LogP contribution in [-0.2, 0) is 24.0 Å². The number of aliphatic carboxylic acids is 1. The van der Waals surface area contributed by atoms with Crippen LogP contribution in [0, 0.1) is 0 Å². The molecular formula is C22H27N7O6S2. The third-order valence-electron chi connectivity index (χ3n) is 5.49. The summed E-state index contributed by atoms with van der Waals surface area (Å²) >= 11 is 2.44. The van der Waals surface area contributed by atoms with E-state index in [-0.39, 0.29) is 28.3 Å². The van der Waals surface area contributed by atoms with E-state index in [9.17, 15) is 24.3 Å². The molecule has 15 heteroatoms. The van der Waals surface area contributed by atoms with Crippen molar-refractivity contribution >= 4 is 57.6 Å². The van der Waals surface area contributed by atoms with Gasteiger partial charge in [0.15, 0.2) is 10.8 Å². The van der Waals surface area contributed by atoms with Gasteiger partial charge in [-0.25, -0.2) is 9.78 Å². The van der Waals surface area contributed by atoms with Gasteiger partial charge in [-0.15, -0.1) is 23.1 Å². The normalized spacial score (nSPS) is 20.8. The molecule has 3 heterocycles. The molecule has 2 aliphatic rings. The fraction of sp³-hybridized carbons (Fsp3) is 0.364. The van der Waals surface area contributed by atoms with Crippen molar-refractivity contribution in [2.45, 2.75) is 23.9 Å². The number of carbonyl (C=O) groups excluding carboxylic acids is 3. The Hall–Kier alpha value is -3.69. The SMILES string of the molecule is CO/N=C(\C(=O)N[C@@H]1C(=O)N2C(C(=O)O)=C(C=CC(C/C=C/C(N)=O)N(C)C)CS[C@@H]12)c1csc(N)n1. The van der Waals surface area contributed by atoms with Gasteiger partial charge in [0.2, 0.25) is 5.91 Å². The molecule has 37 heavy (non-hydrogen) atoms. The molecule has 0 radical (unpaired) electrons. The number of rotatable bonds is 11. The standard InChI is InChI=1S/C22H27N7O6S2/c1-28(2)12(5-4-6-14(23)30)8-7-11-9-36-20-16(19(32)29(20)17(11)21(33)34)26-18(31)15(27-35-3)13-10-37-22(24)25-13/h4,6-8,10,12,16,20H,5,9H2,1-3H3,(H2,23,30)(H2,24,25)(H,26,31)(H,33,34)/b6-4+,8-7?,27-15-/t12?,16-,20+/m1/s1. The van der Waals surface area contributed by atoms with Crippen LogP contribution < -0.4 is 16.8 Å². The van der Waals surface area contributed by atoms with Gasteiger partial charge in [-0.3, -0.25) is 19.3 Å². The van der Waals surface area contributed by atoms with Crippen molar-refractivity contribution in [1.82, 2.24) is 20.1 Å². The summed E-state index contributed by atoms with van der Waals surface area (Å²) in [6.45, 7) is 0. The highest BCUT2D eigenvalue weighted by molar-refractivity contribution is 8.00. The van der Waals surface area contributed by atoms with Crippen LogP contribution in [0.3, 0.4) is 0 Å². The second-order valence-corrected chi connectivity index (χ2v) is 10.2. The number of oxime groups is 1. The first kappa shape index (κ1) is 27.9. The molecule has 0 bridgehead atoms. The Kier molecular flexibility index (Phi) is 9.07. The number of hydrogen-bond acceptors (Lipinski definition) is 11. The zero-order valence-corrected chi connectivity index (χ0v) is 21.9. The van der Waals surface area contributed by atoms with Gasteiger partial charge in [-0.2, -0.15) is 0 Å². The minimum absolute atomic E-state index is 0.140. The fourth-order valence-corrected chi connectivity index (χ4v) is 5.55. The number of allylic oxidation sites excluding steroid dienone is 1. The predicted octanol–water partition coefficient (Wildman–Crippen LogP) is -0.268. The Bertz CT molecular complexity index is 1210. The lowest BCUT2D eigenvalue weighted by Crippen LogP contribution is -2.71. The third-order valence-corrected chi connectivity index (χ3v) is 7.47. The fourth-order valence-electron chi connectivity index (χ4n) is 3.69. The zero-order valence-electron chi connectivity index (χ0n) is 20.3. The number of carboxylic acid groups (broad SMARTS) is 1. The highest BCUT2D eigenvalue weighted by atomic mass is 32.2. The second kappa shape index (κ2) is 12.0. The largest absolute Gasteiger partial charge is 0.477 e. The number of nitrogens with two attached hydrogens (primary N) is 2. The van der Waals surface area contributed by atoms with E-state index in [1.54, 1.807) is 18.2 Å². The minimum atomic E-state index is -1.25. The average Bonchev–Trinajstić information content (AvgIpc) is 3.27. The van der Waals surface area contributed by atoms with Crippen molar-refractivity contribution in [3.05, 3.63) is 46.6 Å². The van der Waals surface area contributed by atoms with Gasteiger partial charge in [0, 0.05) is 17.2 Å². The Morgan fingerprint density at radius 1 is 1.43 bits per heavy atom. The number of thioether (sulfide) groups is 1. The van der Waals surface area contributed by atoms with Crippen LogP contribution in [0.15, 0.2) is 46.1 Å². The number of nitrogen functional groups attached to an aromatic ring is 1. The monoisotopic (exact) mass is 549 g/mol. The topological polar surface area (TPSA) is 194 Å². The number of carboxylic acids is 1. The Balaban J connectivity index is 1.78. The quantitative estimate of drug-likeness (QED) is 0.124. The number of β-lactam (4-membered cyclic amide) rings is 1. The molecule has 1 saturated heterocycles. The number of thiazole rings is 1. The van der Waals surface area contributed by atoms with Gasteiger partial charge in [-0.05, 0) is 32.2 Å². The lowest BCUT2D eigenvalue weighted by atomic mass is 10.0. The molecule has 198 valence electrons. The van der Waals surface area contributed by atoms with Crippen LogP contribution >= 0.6 is 23.1 Å². The smallest absolute Gasteiger partial charge is 0.352 e. The summed E-state index contributed by atoms with van der Waals surface area (Å²) in [6, 6.07) is -1.10. The van der Waals surface area contributed by atoms with Gasteiger partial charge in [-0.1, -0.05) is 23.4 Å². The lowest BCUT2D eigenvalue weighted by molar-refractivity contribution is -0.150. The summed E-state index contributed by atoms with van der Waals surface area (Å²) in [5.41, 5.74) is 11.1. The summed E-state index contributed by atoms with van der Waals surface area (Å²) in [6.07, 6.45) is 6.87. The molecule has 3 rings (SSSR count). The molecule has 1 fully saturated rings. The number of carbonyl (C=O) groups is 4. The van der Waals surface area contributed by atoms with Crippen LogP contribution in [0.5, 0.6) is 0 Å². The van der Waals surface area contributed by atoms with E-state index in [2.05, 4.69) is 15.5 Å². The zero-order chi connectivity index (χ0) is 27.3. The molecule has 2 aliphatic heterocycles. The first-order valence-electron chi connectivity index (χ1n) is 10.9. The lowest BCUT2D eigenvalue weighted by Gasteiger charge is -2.49. The van der Waals surface area contributed by atoms with Crippen molar-refractivity contribution in [3.8, 4) is 0 Å². The molecule has 0 aliphatic carbocycles. The number of aromatic nitrogens is 1. The number of likely N-dealkylation sites (N-methyl/N-ethyl adjacent to an activating group) is 1. The number of primary amides is 1. The summed E-state index contributed by atoms with van der Waals surface area (Å²) in [5.74, 6) is -2.76. The number of nitrogens with one attached hydrogen (secondary N) is 1. The van der Waals surface area contributed by atoms with Crippen LogP contribution in [-0.4, -0.2) is 93.7 Å². The van der Waals surface area contributed by atoms with Crippen LogP contribution in [0.25, 0.3) is 0 Å². The van der Waals surface area contributed by atoms with E-state index < -0.39 is 35.1 Å². The molecule has 1 aromatic rings. The molecule has 13 nitrogen and oxygen atoms in total. The number of nitrogens with zero attached hydrogens (tertiary/aromatic N) is 4. The Morgan fingerprint density at radius 2 is 2.16 bits per heavy atom. The van der Waals surface area contributed by atoms with Crippen molar-refractivity contribution in [3.63, 3.8) is 0 Å². The van der Waals surface area contributed by atoms with Gasteiger partial charge in [0.05, 0.1) is 0 Å². The molecule has 3 amide bonds. The van der Waals surface area contributed by atoms with Crippen LogP contribution in [0.1, 0.15) is 12.1 Å². The van der Waals surface area contributed by atoms with Gasteiger partial charge < -0.3 is 31.6 Å². The van der Waals surface area contributed by atoms with Crippen LogP contribution in [0.4, 0.5) is 5.13 Å². The predicted molar refractivity (Wildman–Crippen MR) is 139 cm³/mol. The highest BCUT2D eigenvalue weighted by Crippen LogP contribution is 2.40. The Morgan fingerprint density at radius 3 is 2.73 bits per heavy atom. The second-order valence-electron chi connectivity index (χ2n) is 8.16. The number of hydrogen-bond donors (Lipinski definition) is 4.